The first-order chi connectivity index (χ1) is 13.6. The van der Waals surface area contributed by atoms with Crippen LogP contribution in [0.25, 0.3) is 0 Å². The highest BCUT2D eigenvalue weighted by atomic mass is 32.2. The van der Waals surface area contributed by atoms with E-state index in [0.29, 0.717) is 24.5 Å². The molecule has 2 aromatic carbocycles. The van der Waals surface area contributed by atoms with E-state index in [4.69, 9.17) is 0 Å². The zero-order valence-corrected chi connectivity index (χ0v) is 16.8. The number of halogens is 3. The van der Waals surface area contributed by atoms with E-state index in [1.54, 1.807) is 19.9 Å². The molecule has 0 aromatic heterocycles. The smallest absolute Gasteiger partial charge is 0.376 e. The van der Waals surface area contributed by atoms with Gasteiger partial charge in [-0.1, -0.05) is 19.9 Å². The number of benzene rings is 2. The van der Waals surface area contributed by atoms with Crippen LogP contribution in [0, 0.1) is 0 Å². The summed E-state index contributed by atoms with van der Waals surface area (Å²) in [6, 6.07) is 10.2. The van der Waals surface area contributed by atoms with Crippen molar-refractivity contribution in [3.8, 4) is 0 Å². The van der Waals surface area contributed by atoms with Gasteiger partial charge in [-0.05, 0) is 42.5 Å². The molecular formula is C19H22F3N3O3S. The molecular weight excluding hydrogens is 407 g/mol. The zero-order chi connectivity index (χ0) is 21.7. The molecule has 10 heteroatoms. The Bertz CT molecular complexity index is 941. The predicted molar refractivity (Wildman–Crippen MR) is 105 cm³/mol. The molecule has 0 saturated heterocycles. The molecule has 0 unspecified atom stereocenters. The number of sulfonamides is 1. The van der Waals surface area contributed by atoms with Crippen molar-refractivity contribution in [3.63, 3.8) is 0 Å². The van der Waals surface area contributed by atoms with Gasteiger partial charge < -0.3 is 10.6 Å². The summed E-state index contributed by atoms with van der Waals surface area (Å²) in [6.07, 6.45) is -4.42. The summed E-state index contributed by atoms with van der Waals surface area (Å²) in [4.78, 5) is 12.2. The Balaban J connectivity index is 2.01. The minimum absolute atomic E-state index is 0.0645. The highest BCUT2D eigenvalue weighted by Gasteiger charge is 2.29. The number of carbonyl (C=O) groups is 1. The summed E-state index contributed by atoms with van der Waals surface area (Å²) >= 11 is 0. The molecule has 2 N–H and O–H groups in total. The average molecular weight is 429 g/mol. The van der Waals surface area contributed by atoms with Crippen LogP contribution in [0.2, 0.25) is 0 Å². The number of anilines is 2. The number of hydrogen-bond acceptors (Lipinski definition) is 4. The van der Waals surface area contributed by atoms with Crippen molar-refractivity contribution in [1.29, 1.82) is 0 Å². The molecule has 29 heavy (non-hydrogen) atoms. The molecule has 6 nitrogen and oxygen atoms in total. The van der Waals surface area contributed by atoms with Crippen molar-refractivity contribution < 1.29 is 26.4 Å². The molecule has 158 valence electrons. The summed E-state index contributed by atoms with van der Waals surface area (Å²) in [7, 11) is -3.66. The second-order valence-electron chi connectivity index (χ2n) is 6.09. The number of rotatable bonds is 8. The topological polar surface area (TPSA) is 78.5 Å². The molecule has 0 aliphatic rings. The number of hydrogen-bond donors (Lipinski definition) is 2. The third kappa shape index (κ3) is 5.94. The lowest BCUT2D eigenvalue weighted by Crippen LogP contribution is -2.30. The summed E-state index contributed by atoms with van der Waals surface area (Å²) in [6.45, 7) is 3.93. The molecule has 2 rings (SSSR count). The lowest BCUT2D eigenvalue weighted by molar-refractivity contribution is -0.137. The molecule has 0 radical (unpaired) electrons. The van der Waals surface area contributed by atoms with Gasteiger partial charge in [-0.3, -0.25) is 4.79 Å². The number of carbonyl (C=O) groups excluding carboxylic acids is 1. The Hall–Kier alpha value is -2.59. The van der Waals surface area contributed by atoms with Crippen LogP contribution in [0.15, 0.2) is 53.4 Å². The summed E-state index contributed by atoms with van der Waals surface area (Å²) in [5.74, 6) is -0.470. The highest BCUT2D eigenvalue weighted by molar-refractivity contribution is 7.89. The van der Waals surface area contributed by atoms with Crippen molar-refractivity contribution in [2.45, 2.75) is 24.9 Å². The van der Waals surface area contributed by atoms with Gasteiger partial charge in [0.25, 0.3) is 0 Å². The Kier molecular flexibility index (Phi) is 7.26. The van der Waals surface area contributed by atoms with E-state index in [-0.39, 0.29) is 11.4 Å². The molecule has 0 atom stereocenters. The molecule has 0 aliphatic heterocycles. The first-order valence-corrected chi connectivity index (χ1v) is 10.3. The minimum atomic E-state index is -4.42. The fourth-order valence-electron chi connectivity index (χ4n) is 2.61. The van der Waals surface area contributed by atoms with E-state index in [1.165, 1.54) is 34.6 Å². The second kappa shape index (κ2) is 9.27. The van der Waals surface area contributed by atoms with Crippen molar-refractivity contribution in [2.24, 2.45) is 0 Å². The zero-order valence-electron chi connectivity index (χ0n) is 16.0. The van der Waals surface area contributed by atoms with Gasteiger partial charge in [0, 0.05) is 24.5 Å². The van der Waals surface area contributed by atoms with Crippen molar-refractivity contribution in [3.05, 3.63) is 54.1 Å². The van der Waals surface area contributed by atoms with Gasteiger partial charge in [0.2, 0.25) is 15.9 Å². The maximum atomic E-state index is 12.6. The number of alkyl halides is 3. The molecule has 0 bridgehead atoms. The van der Waals surface area contributed by atoms with E-state index in [2.05, 4.69) is 10.6 Å². The average Bonchev–Trinajstić information content (AvgIpc) is 2.67. The SMILES string of the molecule is CCN(CC)S(=O)(=O)c1cccc(NC(=O)CNc2ccc(C(F)(F)F)cc2)c1. The fourth-order valence-corrected chi connectivity index (χ4v) is 4.12. The Morgan fingerprint density at radius 2 is 1.62 bits per heavy atom. The van der Waals surface area contributed by atoms with Crippen molar-refractivity contribution in [2.75, 3.05) is 30.3 Å². The van der Waals surface area contributed by atoms with Gasteiger partial charge >= 0.3 is 6.18 Å². The summed E-state index contributed by atoms with van der Waals surface area (Å²) < 4.78 is 64.1. The molecule has 0 spiro atoms. The summed E-state index contributed by atoms with van der Waals surface area (Å²) in [5, 5.41) is 5.29. The first kappa shape index (κ1) is 22.7. The molecule has 1 amide bonds. The van der Waals surface area contributed by atoms with Gasteiger partial charge in [-0.2, -0.15) is 17.5 Å². The Morgan fingerprint density at radius 3 is 2.17 bits per heavy atom. The first-order valence-electron chi connectivity index (χ1n) is 8.89. The van der Waals surface area contributed by atoms with E-state index in [0.717, 1.165) is 12.1 Å². The van der Waals surface area contributed by atoms with Crippen LogP contribution in [0.1, 0.15) is 19.4 Å². The number of nitrogens with zero attached hydrogens (tertiary/aromatic N) is 1. The van der Waals surface area contributed by atoms with Gasteiger partial charge in [0.15, 0.2) is 0 Å². The third-order valence-corrected chi connectivity index (χ3v) is 6.17. The normalized spacial score (nSPS) is 12.1. The van der Waals surface area contributed by atoms with Crippen LogP contribution in [0.5, 0.6) is 0 Å². The van der Waals surface area contributed by atoms with Crippen LogP contribution in [0.4, 0.5) is 24.5 Å². The quantitative estimate of drug-likeness (QED) is 0.669. The Labute approximate surface area is 167 Å². The lowest BCUT2D eigenvalue weighted by Gasteiger charge is -2.19. The van der Waals surface area contributed by atoms with Crippen molar-refractivity contribution >= 4 is 27.3 Å². The fraction of sp³-hybridized carbons (Fsp3) is 0.316. The Morgan fingerprint density at radius 1 is 1.00 bits per heavy atom. The van der Waals surface area contributed by atoms with Crippen LogP contribution < -0.4 is 10.6 Å². The van der Waals surface area contributed by atoms with Crippen LogP contribution in [-0.2, 0) is 21.0 Å². The maximum Gasteiger partial charge on any atom is 0.416 e. The minimum Gasteiger partial charge on any atom is -0.376 e. The lowest BCUT2D eigenvalue weighted by atomic mass is 10.2. The van der Waals surface area contributed by atoms with Gasteiger partial charge in [-0.25, -0.2) is 8.42 Å². The van der Waals surface area contributed by atoms with Gasteiger partial charge in [0.05, 0.1) is 17.0 Å². The predicted octanol–water partition coefficient (Wildman–Crippen LogP) is 3.79. The highest BCUT2D eigenvalue weighted by Crippen LogP contribution is 2.29. The molecule has 0 aliphatic carbocycles. The largest absolute Gasteiger partial charge is 0.416 e. The standard InChI is InChI=1S/C19H22F3N3O3S/c1-3-25(4-2)29(27,28)17-7-5-6-16(12-17)24-18(26)13-23-15-10-8-14(9-11-15)19(20,21)22/h5-12,23H,3-4,13H2,1-2H3,(H,24,26). The second-order valence-corrected chi connectivity index (χ2v) is 8.03. The van der Waals surface area contributed by atoms with Crippen LogP contribution in [0.3, 0.4) is 0 Å². The summed E-state index contributed by atoms with van der Waals surface area (Å²) in [5.41, 5.74) is -0.123. The third-order valence-electron chi connectivity index (χ3n) is 4.13. The van der Waals surface area contributed by atoms with E-state index in [1.807, 2.05) is 0 Å². The van der Waals surface area contributed by atoms with E-state index >= 15 is 0 Å². The number of amides is 1. The van der Waals surface area contributed by atoms with Gasteiger partial charge in [-0.15, -0.1) is 0 Å². The molecule has 0 heterocycles. The van der Waals surface area contributed by atoms with Crippen molar-refractivity contribution in [1.82, 2.24) is 4.31 Å². The molecule has 0 fully saturated rings. The molecule has 0 saturated carbocycles. The van der Waals surface area contributed by atoms with Crippen LogP contribution in [-0.4, -0.2) is 38.3 Å². The monoisotopic (exact) mass is 429 g/mol. The maximum absolute atomic E-state index is 12.6. The number of nitrogens with one attached hydrogen (secondary N) is 2. The molecule has 2 aromatic rings. The van der Waals surface area contributed by atoms with E-state index < -0.39 is 27.7 Å². The van der Waals surface area contributed by atoms with Gasteiger partial charge in [0.1, 0.15) is 0 Å². The van der Waals surface area contributed by atoms with E-state index in [9.17, 15) is 26.4 Å². The van der Waals surface area contributed by atoms with Crippen LogP contribution >= 0.6 is 0 Å².